The van der Waals surface area contributed by atoms with Gasteiger partial charge in [-0.1, -0.05) is 0 Å². The normalized spacial score (nSPS) is 20.8. The first-order chi connectivity index (χ1) is 8.59. The summed E-state index contributed by atoms with van der Waals surface area (Å²) in [5.41, 5.74) is 5.81. The fourth-order valence-corrected chi connectivity index (χ4v) is 1.96. The van der Waals surface area contributed by atoms with Crippen molar-refractivity contribution < 1.29 is 23.8 Å². The predicted molar refractivity (Wildman–Crippen MR) is 59.9 cm³/mol. The summed E-state index contributed by atoms with van der Waals surface area (Å²) in [5.74, 6) is -1.71. The average molecular weight is 254 g/mol. The van der Waals surface area contributed by atoms with E-state index in [2.05, 4.69) is 0 Å². The van der Waals surface area contributed by atoms with Crippen LogP contribution in [0.1, 0.15) is 16.1 Å². The number of furan rings is 1. The number of carbonyl (C=O) groups excluding carboxylic acids is 1. The van der Waals surface area contributed by atoms with Gasteiger partial charge < -0.3 is 20.0 Å². The molecule has 0 saturated carbocycles. The quantitative estimate of drug-likeness (QED) is 0.761. The molecule has 1 aromatic heterocycles. The first kappa shape index (κ1) is 12.6. The lowest BCUT2D eigenvalue weighted by atomic mass is 10.1. The number of amides is 1. The maximum Gasteiger partial charge on any atom is 0.372 e. The molecule has 2 heterocycles. The minimum absolute atomic E-state index is 0.107. The van der Waals surface area contributed by atoms with Crippen LogP contribution in [0.5, 0.6) is 0 Å². The van der Waals surface area contributed by atoms with Gasteiger partial charge in [0.1, 0.15) is 6.04 Å². The largest absolute Gasteiger partial charge is 0.475 e. The minimum atomic E-state index is -1.13. The Labute approximate surface area is 103 Å². The van der Waals surface area contributed by atoms with Crippen LogP contribution in [-0.4, -0.2) is 47.7 Å². The van der Waals surface area contributed by atoms with Gasteiger partial charge in [0.25, 0.3) is 0 Å². The molecule has 1 unspecified atom stereocenters. The molecule has 0 aliphatic carbocycles. The number of morpholine rings is 1. The Bertz CT molecular complexity index is 456. The van der Waals surface area contributed by atoms with Gasteiger partial charge in [0.15, 0.2) is 0 Å². The van der Waals surface area contributed by atoms with Crippen LogP contribution in [-0.2, 0) is 16.1 Å². The van der Waals surface area contributed by atoms with E-state index in [0.717, 1.165) is 0 Å². The van der Waals surface area contributed by atoms with Crippen molar-refractivity contribution in [2.24, 2.45) is 5.73 Å². The second-order valence-corrected chi connectivity index (χ2v) is 4.04. The molecule has 3 N–H and O–H groups in total. The maximum absolute atomic E-state index is 11.3. The molecule has 1 fully saturated rings. The molecular formula is C11H14N2O5. The third-order valence-electron chi connectivity index (χ3n) is 2.88. The summed E-state index contributed by atoms with van der Waals surface area (Å²) in [5, 5.41) is 8.93. The fourth-order valence-electron chi connectivity index (χ4n) is 1.96. The van der Waals surface area contributed by atoms with Crippen LogP contribution < -0.4 is 5.73 Å². The Hall–Kier alpha value is -1.86. The van der Waals surface area contributed by atoms with Crippen LogP contribution in [0.4, 0.5) is 0 Å². The van der Waals surface area contributed by atoms with Crippen molar-refractivity contribution in [3.05, 3.63) is 23.7 Å². The molecule has 1 atom stereocenters. The first-order valence-electron chi connectivity index (χ1n) is 5.50. The Morgan fingerprint density at radius 1 is 1.56 bits per heavy atom. The lowest BCUT2D eigenvalue weighted by Gasteiger charge is -2.33. The zero-order valence-electron chi connectivity index (χ0n) is 9.67. The van der Waals surface area contributed by atoms with Gasteiger partial charge in [-0.05, 0) is 6.07 Å². The van der Waals surface area contributed by atoms with Gasteiger partial charge >= 0.3 is 5.97 Å². The van der Waals surface area contributed by atoms with Crippen molar-refractivity contribution in [2.45, 2.75) is 12.6 Å². The second kappa shape index (κ2) is 5.19. The molecule has 7 heteroatoms. The van der Waals surface area contributed by atoms with Gasteiger partial charge in [-0.15, -0.1) is 0 Å². The number of hydrogen-bond donors (Lipinski definition) is 2. The number of carboxylic acid groups (broad SMARTS) is 1. The smallest absolute Gasteiger partial charge is 0.372 e. The van der Waals surface area contributed by atoms with Crippen molar-refractivity contribution in [3.8, 4) is 0 Å². The van der Waals surface area contributed by atoms with E-state index in [1.807, 2.05) is 0 Å². The Morgan fingerprint density at radius 3 is 3.00 bits per heavy atom. The maximum atomic E-state index is 11.3. The van der Waals surface area contributed by atoms with Crippen LogP contribution >= 0.6 is 0 Å². The summed E-state index contributed by atoms with van der Waals surface area (Å²) in [6.07, 6.45) is 1.32. The van der Waals surface area contributed by atoms with Crippen LogP contribution in [0.2, 0.25) is 0 Å². The standard InChI is InChI=1S/C11H14N2O5/c12-10(14)8-6-17-4-2-13(8)5-7-1-3-18-9(7)11(15)16/h1,3,8H,2,4-6H2,(H2,12,14)(H,15,16). The van der Waals surface area contributed by atoms with Crippen molar-refractivity contribution in [2.75, 3.05) is 19.8 Å². The Morgan fingerprint density at radius 2 is 2.33 bits per heavy atom. The van der Waals surface area contributed by atoms with E-state index in [1.165, 1.54) is 6.26 Å². The zero-order valence-corrected chi connectivity index (χ0v) is 9.67. The summed E-state index contributed by atoms with van der Waals surface area (Å²) in [4.78, 5) is 24.0. The highest BCUT2D eigenvalue weighted by Crippen LogP contribution is 2.17. The van der Waals surface area contributed by atoms with Crippen LogP contribution in [0, 0.1) is 0 Å². The number of aromatic carboxylic acids is 1. The van der Waals surface area contributed by atoms with Crippen LogP contribution in [0.3, 0.4) is 0 Å². The SMILES string of the molecule is NC(=O)C1COCCN1Cc1ccoc1C(=O)O. The summed E-state index contributed by atoms with van der Waals surface area (Å²) in [7, 11) is 0. The number of hydrogen-bond acceptors (Lipinski definition) is 5. The molecule has 1 saturated heterocycles. The number of rotatable bonds is 4. The lowest BCUT2D eigenvalue weighted by molar-refractivity contribution is -0.129. The van der Waals surface area contributed by atoms with Crippen LogP contribution in [0.25, 0.3) is 0 Å². The van der Waals surface area contributed by atoms with Crippen molar-refractivity contribution in [1.29, 1.82) is 0 Å². The molecule has 2 rings (SSSR count). The first-order valence-corrected chi connectivity index (χ1v) is 5.50. The van der Waals surface area contributed by atoms with Gasteiger partial charge in [0, 0.05) is 18.7 Å². The molecule has 1 amide bonds. The van der Waals surface area contributed by atoms with E-state index in [9.17, 15) is 9.59 Å². The summed E-state index contributed by atoms with van der Waals surface area (Å²) in [6, 6.07) is 1.05. The number of nitrogens with two attached hydrogens (primary N) is 1. The average Bonchev–Trinajstić information content (AvgIpc) is 2.77. The number of ether oxygens (including phenoxy) is 1. The zero-order chi connectivity index (χ0) is 13.1. The third kappa shape index (κ3) is 2.52. The van der Waals surface area contributed by atoms with Gasteiger partial charge in [-0.25, -0.2) is 4.79 Å². The van der Waals surface area contributed by atoms with Crippen molar-refractivity contribution >= 4 is 11.9 Å². The molecule has 0 bridgehead atoms. The summed E-state index contributed by atoms with van der Waals surface area (Å²) in [6.45, 7) is 1.55. The van der Waals surface area contributed by atoms with E-state index < -0.39 is 17.9 Å². The number of carbonyl (C=O) groups is 2. The van der Waals surface area contributed by atoms with Gasteiger partial charge in [-0.3, -0.25) is 9.69 Å². The molecule has 98 valence electrons. The number of primary amides is 1. The van der Waals surface area contributed by atoms with E-state index in [4.69, 9.17) is 20.0 Å². The van der Waals surface area contributed by atoms with E-state index in [1.54, 1.807) is 11.0 Å². The van der Waals surface area contributed by atoms with Gasteiger partial charge in [-0.2, -0.15) is 0 Å². The van der Waals surface area contributed by atoms with Gasteiger partial charge in [0.05, 0.1) is 19.5 Å². The van der Waals surface area contributed by atoms with E-state index in [-0.39, 0.29) is 12.4 Å². The minimum Gasteiger partial charge on any atom is -0.475 e. The molecule has 7 nitrogen and oxygen atoms in total. The fraction of sp³-hybridized carbons (Fsp3) is 0.455. The molecule has 0 aromatic carbocycles. The van der Waals surface area contributed by atoms with Gasteiger partial charge in [0.2, 0.25) is 11.7 Å². The van der Waals surface area contributed by atoms with E-state index in [0.29, 0.717) is 25.3 Å². The predicted octanol–water partition coefficient (Wildman–Crippen LogP) is -0.336. The van der Waals surface area contributed by atoms with Crippen molar-refractivity contribution in [3.63, 3.8) is 0 Å². The topological polar surface area (TPSA) is 106 Å². The molecule has 0 spiro atoms. The monoisotopic (exact) mass is 254 g/mol. The lowest BCUT2D eigenvalue weighted by Crippen LogP contribution is -2.51. The summed E-state index contributed by atoms with van der Waals surface area (Å²) >= 11 is 0. The molecule has 1 aliphatic rings. The Balaban J connectivity index is 2.13. The second-order valence-electron chi connectivity index (χ2n) is 4.04. The molecule has 0 radical (unpaired) electrons. The van der Waals surface area contributed by atoms with Crippen LogP contribution in [0.15, 0.2) is 16.7 Å². The highest BCUT2D eigenvalue weighted by atomic mass is 16.5. The third-order valence-corrected chi connectivity index (χ3v) is 2.88. The molecule has 18 heavy (non-hydrogen) atoms. The summed E-state index contributed by atoms with van der Waals surface area (Å²) < 4.78 is 10.1. The molecular weight excluding hydrogens is 240 g/mol. The van der Waals surface area contributed by atoms with Crippen molar-refractivity contribution in [1.82, 2.24) is 4.90 Å². The highest BCUT2D eigenvalue weighted by molar-refractivity contribution is 5.86. The number of carboxylic acids is 1. The Kier molecular flexibility index (Phi) is 3.63. The van der Waals surface area contributed by atoms with E-state index >= 15 is 0 Å². The molecule has 1 aromatic rings. The number of nitrogens with zero attached hydrogens (tertiary/aromatic N) is 1. The molecule has 1 aliphatic heterocycles. The highest BCUT2D eigenvalue weighted by Gasteiger charge is 2.29.